The molecule has 1 saturated heterocycles. The predicted octanol–water partition coefficient (Wildman–Crippen LogP) is 3.21. The molecule has 1 fully saturated rings. The first-order valence-electron chi connectivity index (χ1n) is 12.8. The number of Topliss-reactive ketones (excluding diaryl/α,β-unsaturated/α-hetero) is 1. The number of amides is 1. The number of ether oxygens (including phenoxy) is 1. The molecule has 1 atom stereocenters. The molecule has 0 radical (unpaired) electrons. The van der Waals surface area contributed by atoms with Crippen molar-refractivity contribution in [1.82, 2.24) is 9.88 Å². The minimum Gasteiger partial charge on any atom is -0.872 e. The molecule has 2 heterocycles. The van der Waals surface area contributed by atoms with E-state index in [1.54, 1.807) is 48.9 Å². The highest BCUT2D eigenvalue weighted by atomic mass is 16.5. The fourth-order valence-corrected chi connectivity index (χ4v) is 4.82. The number of ketones is 1. The fraction of sp³-hybridized carbons (Fsp3) is 0.194. The van der Waals surface area contributed by atoms with Crippen molar-refractivity contribution in [2.24, 2.45) is 0 Å². The van der Waals surface area contributed by atoms with E-state index in [1.807, 2.05) is 42.0 Å². The van der Waals surface area contributed by atoms with E-state index in [1.165, 1.54) is 17.0 Å². The Morgan fingerprint density at radius 3 is 2.59 bits per heavy atom. The fourth-order valence-electron chi connectivity index (χ4n) is 4.82. The van der Waals surface area contributed by atoms with Gasteiger partial charge in [-0.3, -0.25) is 14.6 Å². The highest BCUT2D eigenvalue weighted by Crippen LogP contribution is 2.39. The van der Waals surface area contributed by atoms with Crippen molar-refractivity contribution in [3.05, 3.63) is 119 Å². The van der Waals surface area contributed by atoms with Crippen molar-refractivity contribution in [1.29, 1.82) is 0 Å². The van der Waals surface area contributed by atoms with E-state index in [4.69, 9.17) is 4.74 Å². The van der Waals surface area contributed by atoms with Gasteiger partial charge in [0.05, 0.1) is 12.6 Å². The lowest BCUT2D eigenvalue weighted by molar-refractivity contribution is -0.695. The predicted molar refractivity (Wildman–Crippen MR) is 142 cm³/mol. The Morgan fingerprint density at radius 1 is 1.08 bits per heavy atom. The minimum atomic E-state index is -0.891. The largest absolute Gasteiger partial charge is 0.872 e. The standard InChI is InChI=1S/C31H29N3O5/c1-21-6-2-3-7-24(21)19-39-26-12-10-22(11-13-26)29(36)27-28(23-8-4-9-25(35)18-23)34(31(38)30(27)37)16-5-15-33-17-14-32-20-33/h2-4,6-14,17-18,20,28H,5,15-16,19H2,1H3,(H2,35,36,37). The lowest BCUT2D eigenvalue weighted by atomic mass is 9.95. The van der Waals surface area contributed by atoms with Gasteiger partial charge in [-0.1, -0.05) is 54.3 Å². The van der Waals surface area contributed by atoms with Gasteiger partial charge in [0.25, 0.3) is 5.91 Å². The molecule has 1 aliphatic rings. The molecule has 5 rings (SSSR count). The van der Waals surface area contributed by atoms with Gasteiger partial charge < -0.3 is 19.8 Å². The number of imidazole rings is 1. The van der Waals surface area contributed by atoms with E-state index in [0.29, 0.717) is 30.9 Å². The number of hydrogen-bond donors (Lipinski definition) is 2. The third kappa shape index (κ3) is 5.55. The molecule has 39 heavy (non-hydrogen) atoms. The Labute approximate surface area is 226 Å². The highest BCUT2D eigenvalue weighted by molar-refractivity contribution is 6.46. The maximum Gasteiger partial charge on any atom is 0.295 e. The van der Waals surface area contributed by atoms with Gasteiger partial charge in [-0.15, -0.1) is 0 Å². The number of aromatic hydroxyl groups is 1. The molecular weight excluding hydrogens is 494 g/mol. The normalized spacial score (nSPS) is 16.5. The van der Waals surface area contributed by atoms with Crippen LogP contribution in [0.15, 0.2) is 97.1 Å². The maximum absolute atomic E-state index is 13.7. The first-order valence-corrected chi connectivity index (χ1v) is 12.8. The quantitative estimate of drug-likeness (QED) is 0.152. The van der Waals surface area contributed by atoms with Crippen LogP contribution >= 0.6 is 0 Å². The number of H-pyrrole nitrogens is 1. The van der Waals surface area contributed by atoms with Gasteiger partial charge in [0.15, 0.2) is 0 Å². The molecule has 0 spiro atoms. The van der Waals surface area contributed by atoms with Crippen LogP contribution in [-0.4, -0.2) is 33.2 Å². The summed E-state index contributed by atoms with van der Waals surface area (Å²) >= 11 is 0. The number of aryl methyl sites for hydroxylation is 2. The van der Waals surface area contributed by atoms with Gasteiger partial charge in [-0.2, -0.15) is 0 Å². The molecule has 1 unspecified atom stereocenters. The minimum absolute atomic E-state index is 0.0101. The summed E-state index contributed by atoms with van der Waals surface area (Å²) < 4.78 is 7.82. The Hall–Kier alpha value is -4.85. The van der Waals surface area contributed by atoms with Crippen LogP contribution in [0, 0.1) is 6.92 Å². The van der Waals surface area contributed by atoms with Crippen molar-refractivity contribution in [2.75, 3.05) is 6.54 Å². The van der Waals surface area contributed by atoms with Crippen LogP contribution in [0.3, 0.4) is 0 Å². The average molecular weight is 524 g/mol. The van der Waals surface area contributed by atoms with Crippen LogP contribution < -0.4 is 14.4 Å². The van der Waals surface area contributed by atoms with E-state index >= 15 is 0 Å². The number of aromatic amines is 1. The highest BCUT2D eigenvalue weighted by Gasteiger charge is 2.44. The summed E-state index contributed by atoms with van der Waals surface area (Å²) in [5.74, 6) is -1.48. The van der Waals surface area contributed by atoms with Gasteiger partial charge in [0, 0.05) is 18.5 Å². The molecule has 198 valence electrons. The van der Waals surface area contributed by atoms with E-state index < -0.39 is 23.5 Å². The second-order valence-corrected chi connectivity index (χ2v) is 9.51. The van der Waals surface area contributed by atoms with Crippen LogP contribution in [0.1, 0.15) is 34.7 Å². The SMILES string of the molecule is Cc1ccccc1COc1ccc(/C([O-])=C2\C(=O)C(=O)N(CCC[n+]3cc[nH]c3)C2c2cccc(O)c2)cc1. The number of carbonyl (C=O) groups is 2. The number of likely N-dealkylation sites (tertiary alicyclic amines) is 1. The summed E-state index contributed by atoms with van der Waals surface area (Å²) in [5.41, 5.74) is 2.86. The number of carbonyl (C=O) groups excluding carboxylic acids is 2. The molecular formula is C31H29N3O5. The zero-order valence-electron chi connectivity index (χ0n) is 21.5. The molecule has 8 heteroatoms. The number of rotatable bonds is 9. The lowest BCUT2D eigenvalue weighted by Gasteiger charge is -2.27. The maximum atomic E-state index is 13.7. The monoisotopic (exact) mass is 523 g/mol. The molecule has 0 saturated carbocycles. The van der Waals surface area contributed by atoms with Crippen LogP contribution in [0.5, 0.6) is 11.5 Å². The van der Waals surface area contributed by atoms with Gasteiger partial charge in [-0.25, -0.2) is 4.57 Å². The second-order valence-electron chi connectivity index (χ2n) is 9.51. The number of nitrogens with one attached hydrogen (secondary N) is 1. The summed E-state index contributed by atoms with van der Waals surface area (Å²) in [6, 6.07) is 20.0. The number of benzene rings is 3. The van der Waals surface area contributed by atoms with Crippen molar-refractivity contribution in [3.8, 4) is 11.5 Å². The van der Waals surface area contributed by atoms with Crippen molar-refractivity contribution in [2.45, 2.75) is 32.5 Å². The number of phenols is 1. The number of phenolic OH excluding ortho intramolecular Hbond substituents is 1. The van der Waals surface area contributed by atoms with Crippen LogP contribution in [-0.2, 0) is 22.7 Å². The molecule has 1 aromatic heterocycles. The smallest absolute Gasteiger partial charge is 0.295 e. The van der Waals surface area contributed by atoms with Crippen LogP contribution in [0.2, 0.25) is 0 Å². The average Bonchev–Trinajstić information content (AvgIpc) is 3.55. The molecule has 1 amide bonds. The van der Waals surface area contributed by atoms with Gasteiger partial charge in [0.1, 0.15) is 30.5 Å². The van der Waals surface area contributed by atoms with Crippen molar-refractivity contribution < 1.29 is 29.1 Å². The van der Waals surface area contributed by atoms with E-state index in [0.717, 1.165) is 11.1 Å². The van der Waals surface area contributed by atoms with Gasteiger partial charge in [-0.05, 0) is 53.4 Å². The van der Waals surface area contributed by atoms with Gasteiger partial charge in [0.2, 0.25) is 12.1 Å². The Morgan fingerprint density at radius 2 is 1.87 bits per heavy atom. The van der Waals surface area contributed by atoms with Crippen molar-refractivity contribution >= 4 is 17.4 Å². The zero-order chi connectivity index (χ0) is 27.4. The van der Waals surface area contributed by atoms with Crippen LogP contribution in [0.4, 0.5) is 0 Å². The third-order valence-electron chi connectivity index (χ3n) is 6.91. The Balaban J connectivity index is 1.42. The first kappa shape index (κ1) is 25.8. The Bertz CT molecular complexity index is 1510. The number of nitrogens with zero attached hydrogens (tertiary/aromatic N) is 2. The summed E-state index contributed by atoms with van der Waals surface area (Å²) in [4.78, 5) is 30.7. The molecule has 0 bridgehead atoms. The van der Waals surface area contributed by atoms with E-state index in [2.05, 4.69) is 4.98 Å². The summed E-state index contributed by atoms with van der Waals surface area (Å²) in [6.45, 7) is 3.30. The first-order chi connectivity index (χ1) is 18.9. The molecule has 4 aromatic rings. The molecule has 1 aliphatic heterocycles. The summed E-state index contributed by atoms with van der Waals surface area (Å²) in [5, 5.41) is 23.8. The van der Waals surface area contributed by atoms with Crippen molar-refractivity contribution in [3.63, 3.8) is 0 Å². The summed E-state index contributed by atoms with van der Waals surface area (Å²) in [6.07, 6.45) is 6.05. The third-order valence-corrected chi connectivity index (χ3v) is 6.91. The molecule has 3 aromatic carbocycles. The molecule has 0 aliphatic carbocycles. The lowest BCUT2D eigenvalue weighted by Crippen LogP contribution is -2.36. The summed E-state index contributed by atoms with van der Waals surface area (Å²) in [7, 11) is 0. The zero-order valence-corrected chi connectivity index (χ0v) is 21.5. The molecule has 8 nitrogen and oxygen atoms in total. The number of aromatic nitrogens is 2. The number of hydrogen-bond acceptors (Lipinski definition) is 5. The Kier molecular flexibility index (Phi) is 7.45. The topological polar surface area (TPSA) is 110 Å². The molecule has 2 N–H and O–H groups in total. The van der Waals surface area contributed by atoms with E-state index in [-0.39, 0.29) is 23.4 Å². The van der Waals surface area contributed by atoms with Gasteiger partial charge >= 0.3 is 0 Å². The van der Waals surface area contributed by atoms with Crippen LogP contribution in [0.25, 0.3) is 5.76 Å². The second kappa shape index (κ2) is 11.3. The van der Waals surface area contributed by atoms with E-state index in [9.17, 15) is 19.8 Å².